The minimum Gasteiger partial charge on any atom is -0.384 e. The summed E-state index contributed by atoms with van der Waals surface area (Å²) in [5.74, 6) is 6.56. The lowest BCUT2D eigenvalue weighted by Gasteiger charge is -2.14. The molecule has 0 atom stereocenters. The zero-order valence-electron chi connectivity index (χ0n) is 19.3. The Labute approximate surface area is 200 Å². The van der Waals surface area contributed by atoms with E-state index >= 15 is 0 Å². The van der Waals surface area contributed by atoms with Crippen molar-refractivity contribution in [2.24, 2.45) is 5.73 Å². The van der Waals surface area contributed by atoms with Gasteiger partial charge in [0.05, 0.1) is 28.7 Å². The summed E-state index contributed by atoms with van der Waals surface area (Å²) in [7, 11) is 1.71. The molecule has 0 unspecified atom stereocenters. The summed E-state index contributed by atoms with van der Waals surface area (Å²) in [4.78, 5) is 7.11. The Kier molecular flexibility index (Phi) is 6.14. The summed E-state index contributed by atoms with van der Waals surface area (Å²) < 4.78 is 42.6. The Morgan fingerprint density at radius 1 is 1.09 bits per heavy atom. The molecular formula is C26H23F3N6. The van der Waals surface area contributed by atoms with Crippen LogP contribution in [-0.2, 0) is 6.18 Å². The fourth-order valence-electron chi connectivity index (χ4n) is 3.72. The Bertz CT molecular complexity index is 1480. The second kappa shape index (κ2) is 9.06. The first-order valence-corrected chi connectivity index (χ1v) is 10.7. The number of aryl methyl sites for hydroxylation is 2. The van der Waals surface area contributed by atoms with E-state index in [9.17, 15) is 13.2 Å². The maximum absolute atomic E-state index is 13.7. The number of halogens is 3. The number of H-pyrrole nitrogens is 1. The first kappa shape index (κ1) is 23.7. The van der Waals surface area contributed by atoms with Gasteiger partial charge in [-0.15, -0.1) is 0 Å². The van der Waals surface area contributed by atoms with E-state index in [0.717, 1.165) is 17.7 Å². The van der Waals surface area contributed by atoms with Crippen LogP contribution in [0.4, 0.5) is 19.0 Å². The molecule has 4 aromatic rings. The van der Waals surface area contributed by atoms with E-state index in [2.05, 4.69) is 27.1 Å². The SMILES string of the molecule is CNc1[nH]cc(C#Cc2cc(-c3cc(-n4cnc(C)c4)cc(C(F)(F)F)c3)ccc2C)c1C(=N)N. The Morgan fingerprint density at radius 2 is 1.83 bits per heavy atom. The quantitative estimate of drug-likeness (QED) is 0.185. The summed E-state index contributed by atoms with van der Waals surface area (Å²) in [6, 6.07) is 9.29. The summed E-state index contributed by atoms with van der Waals surface area (Å²) >= 11 is 0. The lowest BCUT2D eigenvalue weighted by atomic mass is 9.97. The van der Waals surface area contributed by atoms with Crippen molar-refractivity contribution in [2.75, 3.05) is 12.4 Å². The van der Waals surface area contributed by atoms with Crippen molar-refractivity contribution >= 4 is 11.7 Å². The van der Waals surface area contributed by atoms with Crippen LogP contribution in [0.3, 0.4) is 0 Å². The Hall–Kier alpha value is -4.45. The molecule has 0 aliphatic heterocycles. The van der Waals surface area contributed by atoms with Crippen LogP contribution >= 0.6 is 0 Å². The molecule has 0 aliphatic carbocycles. The third kappa shape index (κ3) is 4.92. The molecular weight excluding hydrogens is 453 g/mol. The normalized spacial score (nSPS) is 11.1. The van der Waals surface area contributed by atoms with Gasteiger partial charge >= 0.3 is 6.18 Å². The number of anilines is 1. The molecule has 0 saturated carbocycles. The molecule has 6 nitrogen and oxygen atoms in total. The molecule has 0 radical (unpaired) electrons. The number of aromatic nitrogens is 3. The largest absolute Gasteiger partial charge is 0.416 e. The number of imidazole rings is 1. The van der Waals surface area contributed by atoms with Crippen molar-refractivity contribution in [3.63, 3.8) is 0 Å². The molecule has 0 aliphatic rings. The molecule has 4 rings (SSSR count). The number of rotatable bonds is 4. The van der Waals surface area contributed by atoms with Crippen molar-refractivity contribution < 1.29 is 13.2 Å². The number of aromatic amines is 1. The maximum atomic E-state index is 13.7. The first-order chi connectivity index (χ1) is 16.6. The van der Waals surface area contributed by atoms with E-state index in [1.54, 1.807) is 49.1 Å². The van der Waals surface area contributed by atoms with Crippen molar-refractivity contribution in [1.29, 1.82) is 5.41 Å². The minimum atomic E-state index is -4.50. The Balaban J connectivity index is 1.81. The standard InChI is InChI=1S/C26H23F3N6/c1-15-4-5-18(8-17(15)6-7-19-12-33-25(32-3)23(19)24(30)31)20-9-21(26(27,28)29)11-22(10-20)35-13-16(2)34-14-35/h4-5,8-14,32-33H,1-3H3,(H3,30,31). The van der Waals surface area contributed by atoms with Crippen LogP contribution in [0.25, 0.3) is 16.8 Å². The second-order valence-corrected chi connectivity index (χ2v) is 8.08. The highest BCUT2D eigenvalue weighted by molar-refractivity contribution is 6.02. The van der Waals surface area contributed by atoms with Crippen LogP contribution < -0.4 is 11.1 Å². The van der Waals surface area contributed by atoms with Crippen LogP contribution in [0, 0.1) is 31.1 Å². The molecule has 9 heteroatoms. The van der Waals surface area contributed by atoms with Crippen molar-refractivity contribution in [1.82, 2.24) is 14.5 Å². The number of alkyl halides is 3. The van der Waals surface area contributed by atoms with Crippen LogP contribution in [-0.4, -0.2) is 27.4 Å². The van der Waals surface area contributed by atoms with Gasteiger partial charge in [0.1, 0.15) is 11.7 Å². The average molecular weight is 477 g/mol. The monoisotopic (exact) mass is 476 g/mol. The number of benzene rings is 2. The van der Waals surface area contributed by atoms with Crippen LogP contribution in [0.1, 0.15) is 33.5 Å². The lowest BCUT2D eigenvalue weighted by molar-refractivity contribution is -0.137. The minimum absolute atomic E-state index is 0.128. The number of nitrogens with one attached hydrogen (secondary N) is 3. The van der Waals surface area contributed by atoms with E-state index in [0.29, 0.717) is 45.0 Å². The van der Waals surface area contributed by atoms with Gasteiger partial charge in [-0.25, -0.2) is 4.98 Å². The van der Waals surface area contributed by atoms with Crippen LogP contribution in [0.15, 0.2) is 55.1 Å². The highest BCUT2D eigenvalue weighted by Crippen LogP contribution is 2.35. The molecule has 178 valence electrons. The number of nitrogen functional groups attached to an aromatic ring is 1. The molecule has 0 spiro atoms. The third-order valence-corrected chi connectivity index (χ3v) is 5.56. The number of hydrogen-bond donors (Lipinski definition) is 4. The molecule has 35 heavy (non-hydrogen) atoms. The third-order valence-electron chi connectivity index (χ3n) is 5.56. The summed E-state index contributed by atoms with van der Waals surface area (Å²) in [5, 5.41) is 10.8. The van der Waals surface area contributed by atoms with Crippen LogP contribution in [0.5, 0.6) is 0 Å². The van der Waals surface area contributed by atoms with Gasteiger partial charge in [0.25, 0.3) is 0 Å². The maximum Gasteiger partial charge on any atom is 0.416 e. The van der Waals surface area contributed by atoms with Gasteiger partial charge < -0.3 is 20.6 Å². The van der Waals surface area contributed by atoms with Gasteiger partial charge in [-0.3, -0.25) is 5.41 Å². The topological polar surface area (TPSA) is 95.5 Å². The average Bonchev–Trinajstić information content (AvgIpc) is 3.43. The molecule has 5 N–H and O–H groups in total. The highest BCUT2D eigenvalue weighted by Gasteiger charge is 2.31. The van der Waals surface area contributed by atoms with Crippen molar-refractivity contribution in [2.45, 2.75) is 20.0 Å². The van der Waals surface area contributed by atoms with E-state index in [4.69, 9.17) is 11.1 Å². The second-order valence-electron chi connectivity index (χ2n) is 8.08. The smallest absolute Gasteiger partial charge is 0.384 e. The Morgan fingerprint density at radius 3 is 2.46 bits per heavy atom. The van der Waals surface area contributed by atoms with Gasteiger partial charge in [0.2, 0.25) is 0 Å². The van der Waals surface area contributed by atoms with Gasteiger partial charge in [0.15, 0.2) is 0 Å². The molecule has 0 saturated heterocycles. The van der Waals surface area contributed by atoms with Crippen molar-refractivity contribution in [3.05, 3.63) is 88.6 Å². The summed E-state index contributed by atoms with van der Waals surface area (Å²) in [6.45, 7) is 3.65. The van der Waals surface area contributed by atoms with Gasteiger partial charge in [-0.1, -0.05) is 24.0 Å². The lowest BCUT2D eigenvalue weighted by Crippen LogP contribution is -2.13. The first-order valence-electron chi connectivity index (χ1n) is 10.7. The fraction of sp³-hybridized carbons (Fsp3) is 0.154. The summed E-state index contributed by atoms with van der Waals surface area (Å²) in [5.41, 5.74) is 9.56. The van der Waals surface area contributed by atoms with Gasteiger partial charge in [0, 0.05) is 30.7 Å². The zero-order valence-corrected chi connectivity index (χ0v) is 19.3. The number of nitrogens with zero attached hydrogens (tertiary/aromatic N) is 2. The molecule has 0 fully saturated rings. The fourth-order valence-corrected chi connectivity index (χ4v) is 3.72. The molecule has 0 amide bonds. The number of amidine groups is 1. The van der Waals surface area contributed by atoms with E-state index < -0.39 is 11.7 Å². The van der Waals surface area contributed by atoms with E-state index in [1.807, 2.05) is 13.0 Å². The molecule has 2 heterocycles. The predicted molar refractivity (Wildman–Crippen MR) is 131 cm³/mol. The molecule has 2 aromatic heterocycles. The zero-order chi connectivity index (χ0) is 25.3. The summed E-state index contributed by atoms with van der Waals surface area (Å²) in [6.07, 6.45) is 0.314. The molecule has 0 bridgehead atoms. The molecule has 2 aromatic carbocycles. The van der Waals surface area contributed by atoms with Crippen molar-refractivity contribution in [3.8, 4) is 28.7 Å². The van der Waals surface area contributed by atoms with Gasteiger partial charge in [-0.05, 0) is 54.8 Å². The van der Waals surface area contributed by atoms with Crippen LogP contribution in [0.2, 0.25) is 0 Å². The highest BCUT2D eigenvalue weighted by atomic mass is 19.4. The predicted octanol–water partition coefficient (Wildman–Crippen LogP) is 5.23. The number of hydrogen-bond acceptors (Lipinski definition) is 3. The van der Waals surface area contributed by atoms with Gasteiger partial charge in [-0.2, -0.15) is 13.2 Å². The van der Waals surface area contributed by atoms with E-state index in [-0.39, 0.29) is 5.84 Å². The number of nitrogens with two attached hydrogens (primary N) is 1. The van der Waals surface area contributed by atoms with E-state index in [1.165, 1.54) is 6.33 Å².